The summed E-state index contributed by atoms with van der Waals surface area (Å²) in [6, 6.07) is 27.0. The predicted molar refractivity (Wildman–Crippen MR) is 214 cm³/mol. The van der Waals surface area contributed by atoms with Crippen LogP contribution in [0.5, 0.6) is 0 Å². The van der Waals surface area contributed by atoms with Crippen LogP contribution in [0.15, 0.2) is 72.8 Å². The van der Waals surface area contributed by atoms with Gasteiger partial charge in [-0.2, -0.15) is 53.1 Å². The second-order valence-corrected chi connectivity index (χ2v) is 52.7. The van der Waals surface area contributed by atoms with E-state index in [1.165, 1.54) is 0 Å². The van der Waals surface area contributed by atoms with Crippen molar-refractivity contribution in [3.63, 3.8) is 0 Å². The van der Waals surface area contributed by atoms with Gasteiger partial charge in [-0.15, -0.1) is 0 Å². The predicted octanol–water partition coefficient (Wildman–Crippen LogP) is 12.7. The van der Waals surface area contributed by atoms with E-state index in [9.17, 15) is 0 Å². The Bertz CT molecular complexity index is 930. The fourth-order valence-electron chi connectivity index (χ4n) is 8.64. The first-order valence-corrected chi connectivity index (χ1v) is 37.8. The third kappa shape index (κ3) is 14.6. The summed E-state index contributed by atoms with van der Waals surface area (Å²) < 4.78 is 0. The van der Waals surface area contributed by atoms with Crippen LogP contribution in [0.3, 0.4) is 0 Å². The Balaban J connectivity index is 0.000000608. The van der Waals surface area contributed by atoms with Gasteiger partial charge in [0.15, 0.2) is 0 Å². The molecule has 0 unspecified atom stereocenters. The standard InChI is InChI=1S/3C12H23Si2.Sm/c3*1-13(2,3)12(14(4,5)6)11-9-7-8-10-11;/h3*7-10,12H,1-6H3;/q3*-1;+3. The van der Waals surface area contributed by atoms with Gasteiger partial charge in [-0.25, -0.2) is 36.4 Å². The van der Waals surface area contributed by atoms with Crippen LogP contribution >= 0.6 is 0 Å². The van der Waals surface area contributed by atoms with Gasteiger partial charge < -0.3 is 0 Å². The van der Waals surface area contributed by atoms with Gasteiger partial charge in [-0.1, -0.05) is 133 Å². The van der Waals surface area contributed by atoms with Gasteiger partial charge in [0.25, 0.3) is 0 Å². The molecular formula is C36H69Si6Sm. The van der Waals surface area contributed by atoms with Crippen molar-refractivity contribution in [3.8, 4) is 0 Å². The fraction of sp³-hybridized carbons (Fsp3) is 0.583. The average molecular weight is 821 g/mol. The molecule has 3 aromatic carbocycles. The Labute approximate surface area is 308 Å². The minimum absolute atomic E-state index is 0. The normalized spacial score (nSPS) is 13.3. The second kappa shape index (κ2) is 16.7. The molecule has 0 aromatic heterocycles. The van der Waals surface area contributed by atoms with Crippen molar-refractivity contribution in [1.29, 1.82) is 0 Å². The summed E-state index contributed by atoms with van der Waals surface area (Å²) >= 11 is 0. The van der Waals surface area contributed by atoms with Crippen LogP contribution in [0.25, 0.3) is 0 Å². The Hall–Kier alpha value is 0.689. The third-order valence-electron chi connectivity index (χ3n) is 8.26. The summed E-state index contributed by atoms with van der Waals surface area (Å²) in [4.78, 5) is 0. The first-order chi connectivity index (χ1) is 18.7. The van der Waals surface area contributed by atoms with Crippen molar-refractivity contribution in [3.05, 3.63) is 89.5 Å². The van der Waals surface area contributed by atoms with Crippen molar-refractivity contribution >= 4 is 48.4 Å². The van der Waals surface area contributed by atoms with Gasteiger partial charge in [-0.3, -0.25) is 0 Å². The van der Waals surface area contributed by atoms with Crippen molar-refractivity contribution in [2.75, 3.05) is 0 Å². The molecular weight excluding hydrogens is 751 g/mol. The minimum Gasteiger partial charge on any atom is -0.213 e. The van der Waals surface area contributed by atoms with E-state index in [-0.39, 0.29) is 40.4 Å². The first kappa shape index (κ1) is 43.7. The maximum Gasteiger partial charge on any atom is 3.00 e. The Kier molecular flexibility index (Phi) is 16.9. The molecule has 1 radical (unpaired) electrons. The molecule has 0 saturated carbocycles. The monoisotopic (exact) mass is 821 g/mol. The topological polar surface area (TPSA) is 0 Å². The summed E-state index contributed by atoms with van der Waals surface area (Å²) in [5, 5.41) is 2.68. The van der Waals surface area contributed by atoms with Crippen LogP contribution in [0.1, 0.15) is 32.2 Å². The molecule has 0 heterocycles. The van der Waals surface area contributed by atoms with E-state index in [1.54, 1.807) is 16.7 Å². The fourth-order valence-corrected chi connectivity index (χ4v) is 47.0. The third-order valence-corrected chi connectivity index (χ3v) is 36.2. The molecule has 0 saturated heterocycles. The van der Waals surface area contributed by atoms with Crippen molar-refractivity contribution < 1.29 is 40.4 Å². The Morgan fingerprint density at radius 2 is 0.395 bits per heavy atom. The van der Waals surface area contributed by atoms with Crippen LogP contribution in [-0.2, 0) is 0 Å². The zero-order valence-corrected chi connectivity index (χ0v) is 40.2. The molecule has 0 aliphatic rings. The molecule has 3 rings (SSSR count). The van der Waals surface area contributed by atoms with Gasteiger partial charge >= 0.3 is 40.4 Å². The Morgan fingerprint density at radius 3 is 0.488 bits per heavy atom. The van der Waals surface area contributed by atoms with Gasteiger partial charge in [0.05, 0.1) is 0 Å². The average Bonchev–Trinajstić information content (AvgIpc) is 3.46. The molecule has 7 heteroatoms. The van der Waals surface area contributed by atoms with Crippen LogP contribution in [0.2, 0.25) is 118 Å². The zero-order chi connectivity index (χ0) is 32.9. The molecule has 0 amide bonds. The number of rotatable bonds is 9. The van der Waals surface area contributed by atoms with Crippen molar-refractivity contribution in [2.45, 2.75) is 133 Å². The molecule has 43 heavy (non-hydrogen) atoms. The number of hydrogen-bond donors (Lipinski definition) is 0. The zero-order valence-electron chi connectivity index (χ0n) is 31.6. The van der Waals surface area contributed by atoms with Crippen LogP contribution in [-0.4, -0.2) is 48.4 Å². The second-order valence-electron chi connectivity index (χ2n) is 19.1. The quantitative estimate of drug-likeness (QED) is 0.149. The largest absolute Gasteiger partial charge is 3.00 e. The molecule has 0 bridgehead atoms. The van der Waals surface area contributed by atoms with E-state index in [2.05, 4.69) is 191 Å². The summed E-state index contributed by atoms with van der Waals surface area (Å²) in [6.45, 7) is 45.1. The summed E-state index contributed by atoms with van der Waals surface area (Å²) in [5.74, 6) is 0. The Morgan fingerprint density at radius 1 is 0.279 bits per heavy atom. The first-order valence-electron chi connectivity index (χ1n) is 16.3. The molecule has 0 nitrogen and oxygen atoms in total. The van der Waals surface area contributed by atoms with E-state index < -0.39 is 48.4 Å². The molecule has 0 aliphatic carbocycles. The molecule has 243 valence electrons. The molecule has 0 atom stereocenters. The van der Waals surface area contributed by atoms with Gasteiger partial charge in [-0.05, 0) is 0 Å². The molecule has 0 aliphatic heterocycles. The van der Waals surface area contributed by atoms with Crippen molar-refractivity contribution in [2.24, 2.45) is 0 Å². The van der Waals surface area contributed by atoms with E-state index in [4.69, 9.17) is 0 Å². The van der Waals surface area contributed by atoms with Crippen LogP contribution in [0.4, 0.5) is 0 Å². The van der Waals surface area contributed by atoms with E-state index in [1.807, 2.05) is 0 Å². The van der Waals surface area contributed by atoms with Gasteiger partial charge in [0.2, 0.25) is 0 Å². The molecule has 0 fully saturated rings. The SMILES string of the molecule is C[Si](C)(C)C([c-]1cccc1)[Si](C)(C)C.C[Si](C)(C)C([c-]1cccc1)[Si](C)(C)C.C[Si](C)(C)C([c-]1cccc1)[Si](C)(C)C.[Sm+3]. The van der Waals surface area contributed by atoms with E-state index >= 15 is 0 Å². The van der Waals surface area contributed by atoms with E-state index in [0.717, 1.165) is 15.5 Å². The maximum absolute atomic E-state index is 2.50. The number of hydrogen-bond acceptors (Lipinski definition) is 0. The van der Waals surface area contributed by atoms with Crippen LogP contribution in [0, 0.1) is 40.4 Å². The summed E-state index contributed by atoms with van der Waals surface area (Å²) in [7, 11) is -6.39. The molecule has 3 aromatic rings. The smallest absolute Gasteiger partial charge is 0.213 e. The minimum atomic E-state index is -1.06. The maximum atomic E-state index is 2.50. The van der Waals surface area contributed by atoms with E-state index in [0.29, 0.717) is 0 Å². The van der Waals surface area contributed by atoms with Crippen LogP contribution < -0.4 is 0 Å². The van der Waals surface area contributed by atoms with Crippen molar-refractivity contribution in [1.82, 2.24) is 0 Å². The summed E-state index contributed by atoms with van der Waals surface area (Å²) in [5.41, 5.74) is 4.80. The van der Waals surface area contributed by atoms with Gasteiger partial charge in [0.1, 0.15) is 0 Å². The van der Waals surface area contributed by atoms with Gasteiger partial charge in [0, 0.05) is 48.4 Å². The summed E-state index contributed by atoms with van der Waals surface area (Å²) in [6.07, 6.45) is 0. The molecule has 0 spiro atoms. The molecule has 0 N–H and O–H groups in total.